The second-order valence-corrected chi connectivity index (χ2v) is 7.73. The van der Waals surface area contributed by atoms with Crippen molar-refractivity contribution in [2.45, 2.75) is 30.7 Å². The summed E-state index contributed by atoms with van der Waals surface area (Å²) < 4.78 is 32.9. The van der Waals surface area contributed by atoms with Crippen LogP contribution in [0.4, 0.5) is 5.69 Å². The van der Waals surface area contributed by atoms with Crippen molar-refractivity contribution < 1.29 is 18.1 Å². The van der Waals surface area contributed by atoms with Gasteiger partial charge in [0.25, 0.3) is 5.69 Å². The van der Waals surface area contributed by atoms with Gasteiger partial charge in [-0.15, -0.1) is 0 Å². The molecule has 7 nitrogen and oxygen atoms in total. The number of sulfonamides is 1. The maximum absolute atomic E-state index is 12.4. The Hall–Kier alpha value is -2.45. The monoisotopic (exact) mass is 362 g/mol. The normalized spacial score (nSPS) is 14.6. The van der Waals surface area contributed by atoms with Crippen molar-refractivity contribution in [1.29, 1.82) is 0 Å². The molecule has 0 radical (unpaired) electrons. The summed E-state index contributed by atoms with van der Waals surface area (Å²) in [6, 6.07) is 10.4. The number of rotatable bonds is 6. The van der Waals surface area contributed by atoms with Crippen molar-refractivity contribution in [2.75, 3.05) is 6.61 Å². The zero-order valence-electron chi connectivity index (χ0n) is 13.6. The number of fused-ring (bicyclic) bond motifs is 1. The molecule has 2 aromatic rings. The lowest BCUT2D eigenvalue weighted by Crippen LogP contribution is -2.34. The summed E-state index contributed by atoms with van der Waals surface area (Å²) in [5.41, 5.74) is 2.03. The van der Waals surface area contributed by atoms with Gasteiger partial charge in [0.2, 0.25) is 10.0 Å². The lowest BCUT2D eigenvalue weighted by molar-refractivity contribution is -0.384. The number of hydrogen-bond donors (Lipinski definition) is 1. The molecule has 0 saturated carbocycles. The molecule has 0 aliphatic carbocycles. The van der Waals surface area contributed by atoms with E-state index in [4.69, 9.17) is 4.74 Å². The number of benzene rings is 2. The molecule has 3 rings (SSSR count). The third-order valence-corrected chi connectivity index (χ3v) is 5.62. The molecule has 1 aliphatic heterocycles. The quantitative estimate of drug-likeness (QED) is 0.629. The zero-order valence-corrected chi connectivity index (χ0v) is 14.5. The molecular formula is C17H18N2O5S. The molecule has 8 heteroatoms. The number of nitrogens with one attached hydrogen (secondary N) is 1. The predicted molar refractivity (Wildman–Crippen MR) is 92.2 cm³/mol. The molecule has 2 aromatic carbocycles. The third-order valence-electron chi connectivity index (χ3n) is 4.01. The lowest BCUT2D eigenvalue weighted by Gasteiger charge is -2.15. The molecular weight excluding hydrogens is 344 g/mol. The molecule has 1 unspecified atom stereocenters. The van der Waals surface area contributed by atoms with E-state index in [1.54, 1.807) is 6.92 Å². The van der Waals surface area contributed by atoms with E-state index < -0.39 is 14.9 Å². The number of nitro groups is 1. The molecule has 0 aromatic heterocycles. The highest BCUT2D eigenvalue weighted by Crippen LogP contribution is 2.26. The van der Waals surface area contributed by atoms with Gasteiger partial charge in [0, 0.05) is 24.6 Å². The average molecular weight is 362 g/mol. The molecule has 0 bridgehead atoms. The Bertz CT molecular complexity index is 894. The zero-order chi connectivity index (χ0) is 18.0. The van der Waals surface area contributed by atoms with Crippen molar-refractivity contribution in [3.05, 3.63) is 63.7 Å². The van der Waals surface area contributed by atoms with Crippen LogP contribution in [0, 0.1) is 10.1 Å². The van der Waals surface area contributed by atoms with Crippen LogP contribution in [0.2, 0.25) is 0 Å². The molecule has 1 N–H and O–H groups in total. The lowest BCUT2D eigenvalue weighted by atomic mass is 10.0. The number of nitrogens with zero attached hydrogens (tertiary/aromatic N) is 1. The van der Waals surface area contributed by atoms with E-state index in [1.807, 2.05) is 18.2 Å². The summed E-state index contributed by atoms with van der Waals surface area (Å²) in [6.07, 6.45) is 1.41. The predicted octanol–water partition coefficient (Wildman–Crippen LogP) is 2.44. The van der Waals surface area contributed by atoms with E-state index in [2.05, 4.69) is 4.72 Å². The summed E-state index contributed by atoms with van der Waals surface area (Å²) in [4.78, 5) is 10.1. The Morgan fingerprint density at radius 2 is 1.96 bits per heavy atom. The van der Waals surface area contributed by atoms with Crippen LogP contribution < -0.4 is 9.46 Å². The van der Waals surface area contributed by atoms with Gasteiger partial charge < -0.3 is 4.74 Å². The molecule has 0 fully saturated rings. The molecule has 132 valence electrons. The smallest absolute Gasteiger partial charge is 0.269 e. The van der Waals surface area contributed by atoms with Gasteiger partial charge in [0.15, 0.2) is 0 Å². The average Bonchev–Trinajstić information content (AvgIpc) is 3.02. The van der Waals surface area contributed by atoms with Gasteiger partial charge in [-0.2, -0.15) is 0 Å². The molecule has 25 heavy (non-hydrogen) atoms. The highest BCUT2D eigenvalue weighted by Gasteiger charge is 2.19. The van der Waals surface area contributed by atoms with Crippen LogP contribution >= 0.6 is 0 Å². The first-order chi connectivity index (χ1) is 11.8. The minimum absolute atomic E-state index is 0.00676. The largest absolute Gasteiger partial charge is 0.493 e. The van der Waals surface area contributed by atoms with Gasteiger partial charge >= 0.3 is 0 Å². The number of nitro benzene ring substituents is 1. The Labute approximate surface area is 145 Å². The first-order valence-electron chi connectivity index (χ1n) is 7.86. The molecule has 1 aliphatic rings. The second kappa shape index (κ2) is 6.81. The first-order valence-corrected chi connectivity index (χ1v) is 9.35. The van der Waals surface area contributed by atoms with E-state index >= 15 is 0 Å². The maximum Gasteiger partial charge on any atom is 0.269 e. The fraction of sp³-hybridized carbons (Fsp3) is 0.294. The molecule has 1 heterocycles. The van der Waals surface area contributed by atoms with Crippen molar-refractivity contribution >= 4 is 15.7 Å². The molecule has 0 spiro atoms. The highest BCUT2D eigenvalue weighted by atomic mass is 32.2. The van der Waals surface area contributed by atoms with Gasteiger partial charge in [-0.25, -0.2) is 13.1 Å². The van der Waals surface area contributed by atoms with E-state index in [1.165, 1.54) is 24.3 Å². The SMILES string of the molecule is CC(Cc1ccc2c(c1)CCO2)NS(=O)(=O)c1ccc([N+](=O)[O-])cc1. The van der Waals surface area contributed by atoms with Gasteiger partial charge in [-0.3, -0.25) is 10.1 Å². The fourth-order valence-electron chi connectivity index (χ4n) is 2.84. The van der Waals surface area contributed by atoms with Gasteiger partial charge in [0.1, 0.15) is 5.75 Å². The van der Waals surface area contributed by atoms with Crippen molar-refractivity contribution in [3.63, 3.8) is 0 Å². The Balaban J connectivity index is 1.68. The Morgan fingerprint density at radius 3 is 2.64 bits per heavy atom. The van der Waals surface area contributed by atoms with Crippen LogP contribution in [0.1, 0.15) is 18.1 Å². The minimum Gasteiger partial charge on any atom is -0.493 e. The van der Waals surface area contributed by atoms with E-state index in [9.17, 15) is 18.5 Å². The summed E-state index contributed by atoms with van der Waals surface area (Å²) in [6.45, 7) is 2.47. The van der Waals surface area contributed by atoms with Crippen molar-refractivity contribution in [3.8, 4) is 5.75 Å². The second-order valence-electron chi connectivity index (χ2n) is 6.02. The van der Waals surface area contributed by atoms with E-state index in [-0.39, 0.29) is 16.6 Å². The van der Waals surface area contributed by atoms with Crippen LogP contribution in [0.15, 0.2) is 47.4 Å². The topological polar surface area (TPSA) is 98.5 Å². The molecule has 1 atom stereocenters. The van der Waals surface area contributed by atoms with Crippen LogP contribution in [-0.4, -0.2) is 26.0 Å². The van der Waals surface area contributed by atoms with Gasteiger partial charge in [-0.05, 0) is 42.7 Å². The third kappa shape index (κ3) is 3.97. The number of hydrogen-bond acceptors (Lipinski definition) is 5. The Kier molecular flexibility index (Phi) is 4.73. The molecule has 0 amide bonds. The van der Waals surface area contributed by atoms with Crippen LogP contribution in [0.3, 0.4) is 0 Å². The molecule has 0 saturated heterocycles. The Morgan fingerprint density at radius 1 is 1.24 bits per heavy atom. The van der Waals surface area contributed by atoms with Gasteiger partial charge in [0.05, 0.1) is 16.4 Å². The fourth-order valence-corrected chi connectivity index (χ4v) is 4.09. The van der Waals surface area contributed by atoms with E-state index in [0.29, 0.717) is 13.0 Å². The maximum atomic E-state index is 12.4. The highest BCUT2D eigenvalue weighted by molar-refractivity contribution is 7.89. The van der Waals surface area contributed by atoms with E-state index in [0.717, 1.165) is 23.3 Å². The van der Waals surface area contributed by atoms with Crippen molar-refractivity contribution in [1.82, 2.24) is 4.72 Å². The van der Waals surface area contributed by atoms with Crippen LogP contribution in [-0.2, 0) is 22.9 Å². The number of ether oxygens (including phenoxy) is 1. The summed E-state index contributed by atoms with van der Waals surface area (Å²) in [7, 11) is -3.73. The van der Waals surface area contributed by atoms with Crippen LogP contribution in [0.25, 0.3) is 0 Å². The summed E-state index contributed by atoms with van der Waals surface area (Å²) >= 11 is 0. The van der Waals surface area contributed by atoms with Crippen molar-refractivity contribution in [2.24, 2.45) is 0 Å². The first kappa shape index (κ1) is 17.4. The minimum atomic E-state index is -3.73. The van der Waals surface area contributed by atoms with Gasteiger partial charge in [-0.1, -0.05) is 12.1 Å². The summed E-state index contributed by atoms with van der Waals surface area (Å²) in [5, 5.41) is 10.7. The summed E-state index contributed by atoms with van der Waals surface area (Å²) in [5.74, 6) is 0.892. The number of non-ortho nitro benzene ring substituents is 1. The standard InChI is InChI=1S/C17H18N2O5S/c1-12(10-13-2-7-17-14(11-13)8-9-24-17)18-25(22,23)16-5-3-15(4-6-16)19(20)21/h2-7,11-12,18H,8-10H2,1H3. The van der Waals surface area contributed by atoms with Crippen LogP contribution in [0.5, 0.6) is 5.75 Å².